The Balaban J connectivity index is 2.87. The fourth-order valence-electron chi connectivity index (χ4n) is 1.63. The molecule has 1 N–H and O–H groups in total. The van der Waals surface area contributed by atoms with Crippen LogP contribution in [0.4, 0.5) is 0 Å². The van der Waals surface area contributed by atoms with Crippen molar-refractivity contribution in [1.29, 1.82) is 0 Å². The molecule has 17 heavy (non-hydrogen) atoms. The molecule has 0 aliphatic heterocycles. The van der Waals surface area contributed by atoms with Crippen LogP contribution < -0.4 is 5.56 Å². The number of aromatic nitrogens is 3. The van der Waals surface area contributed by atoms with Gasteiger partial charge in [0.1, 0.15) is 16.6 Å². The predicted octanol–water partition coefficient (Wildman–Crippen LogP) is 2.58. The summed E-state index contributed by atoms with van der Waals surface area (Å²) in [6.45, 7) is 7.82. The topological polar surface area (TPSA) is 58.6 Å². The van der Waals surface area contributed by atoms with Gasteiger partial charge in [0.05, 0.1) is 5.39 Å². The average molecular weight is 252 g/mol. The largest absolute Gasteiger partial charge is 0.306 e. The van der Waals surface area contributed by atoms with Gasteiger partial charge in [0.25, 0.3) is 0 Å². The summed E-state index contributed by atoms with van der Waals surface area (Å²) >= 11 is 6.15. The van der Waals surface area contributed by atoms with Crippen LogP contribution in [0.5, 0.6) is 0 Å². The number of halogens is 1. The fraction of sp³-hybridized carbons (Fsp3) is 0.417. The van der Waals surface area contributed by atoms with Gasteiger partial charge in [-0.05, 0) is 12.5 Å². The third kappa shape index (κ3) is 2.17. The molecule has 5 heteroatoms. The molecule has 0 unspecified atom stereocenters. The smallest absolute Gasteiger partial charge is 0.249 e. The maximum Gasteiger partial charge on any atom is 0.249 e. The van der Waals surface area contributed by atoms with E-state index in [2.05, 4.69) is 15.0 Å². The van der Waals surface area contributed by atoms with Crippen molar-refractivity contribution in [2.45, 2.75) is 33.1 Å². The van der Waals surface area contributed by atoms with Gasteiger partial charge in [-0.1, -0.05) is 32.4 Å². The molecule has 4 nitrogen and oxygen atoms in total. The number of aryl methyl sites for hydroxylation is 1. The van der Waals surface area contributed by atoms with Crippen molar-refractivity contribution < 1.29 is 0 Å². The minimum Gasteiger partial charge on any atom is -0.306 e. The Morgan fingerprint density at radius 3 is 2.53 bits per heavy atom. The van der Waals surface area contributed by atoms with Gasteiger partial charge < -0.3 is 4.98 Å². The number of rotatable bonds is 0. The van der Waals surface area contributed by atoms with Crippen LogP contribution in [-0.2, 0) is 5.41 Å². The van der Waals surface area contributed by atoms with E-state index in [9.17, 15) is 4.79 Å². The molecule has 0 aliphatic rings. The normalized spacial score (nSPS) is 12.1. The van der Waals surface area contributed by atoms with Crippen LogP contribution in [0, 0.1) is 6.92 Å². The molecule has 0 spiro atoms. The Bertz CT molecular complexity index is 640. The molecule has 0 saturated heterocycles. The van der Waals surface area contributed by atoms with Gasteiger partial charge in [-0.25, -0.2) is 9.97 Å². The van der Waals surface area contributed by atoms with E-state index in [4.69, 9.17) is 11.6 Å². The molecule has 0 radical (unpaired) electrons. The van der Waals surface area contributed by atoms with Crippen molar-refractivity contribution >= 4 is 22.6 Å². The lowest BCUT2D eigenvalue weighted by molar-refractivity contribution is 0.548. The monoisotopic (exact) mass is 251 g/mol. The quantitative estimate of drug-likeness (QED) is 0.732. The third-order valence-corrected chi connectivity index (χ3v) is 2.79. The summed E-state index contributed by atoms with van der Waals surface area (Å²) in [6, 6.07) is 1.49. The number of aromatic amines is 1. The minimum atomic E-state index is -0.210. The van der Waals surface area contributed by atoms with Crippen molar-refractivity contribution in [1.82, 2.24) is 15.0 Å². The molecule has 0 bridgehead atoms. The van der Waals surface area contributed by atoms with Crippen LogP contribution >= 0.6 is 11.6 Å². The summed E-state index contributed by atoms with van der Waals surface area (Å²) in [6.07, 6.45) is 0. The molecule has 0 amide bonds. The van der Waals surface area contributed by atoms with Gasteiger partial charge in [0.2, 0.25) is 5.56 Å². The van der Waals surface area contributed by atoms with Crippen molar-refractivity contribution in [2.75, 3.05) is 0 Å². The van der Waals surface area contributed by atoms with E-state index in [0.717, 1.165) is 5.56 Å². The Labute approximate surface area is 104 Å². The minimum absolute atomic E-state index is 0.176. The second-order valence-corrected chi connectivity index (χ2v) is 5.49. The Morgan fingerprint density at radius 1 is 1.29 bits per heavy atom. The number of pyridine rings is 1. The molecule has 0 atom stereocenters. The van der Waals surface area contributed by atoms with Crippen molar-refractivity contribution in [3.05, 3.63) is 33.0 Å². The van der Waals surface area contributed by atoms with E-state index < -0.39 is 0 Å². The van der Waals surface area contributed by atoms with Gasteiger partial charge in [0, 0.05) is 11.5 Å². The first-order valence-corrected chi connectivity index (χ1v) is 5.74. The highest BCUT2D eigenvalue weighted by atomic mass is 35.5. The maximum atomic E-state index is 11.4. The molecule has 0 aliphatic carbocycles. The lowest BCUT2D eigenvalue weighted by Gasteiger charge is -2.17. The molecule has 2 heterocycles. The molecule has 2 rings (SSSR count). The highest BCUT2D eigenvalue weighted by Gasteiger charge is 2.20. The molecular formula is C12H14ClN3O. The summed E-state index contributed by atoms with van der Waals surface area (Å²) < 4.78 is 0. The Morgan fingerprint density at radius 2 is 1.94 bits per heavy atom. The zero-order valence-corrected chi connectivity index (χ0v) is 11.0. The summed E-state index contributed by atoms with van der Waals surface area (Å²) in [4.78, 5) is 22.8. The van der Waals surface area contributed by atoms with Crippen molar-refractivity contribution in [3.8, 4) is 0 Å². The van der Waals surface area contributed by atoms with Gasteiger partial charge in [-0.3, -0.25) is 4.79 Å². The van der Waals surface area contributed by atoms with E-state index in [1.54, 1.807) is 0 Å². The first-order valence-electron chi connectivity index (χ1n) is 5.36. The molecule has 90 valence electrons. The Hall–Kier alpha value is -1.42. The van der Waals surface area contributed by atoms with Gasteiger partial charge in [-0.15, -0.1) is 0 Å². The van der Waals surface area contributed by atoms with Crippen molar-refractivity contribution in [2.24, 2.45) is 0 Å². The summed E-state index contributed by atoms with van der Waals surface area (Å²) in [5, 5.41) is 1.09. The molecule has 0 aromatic carbocycles. The van der Waals surface area contributed by atoms with Crippen LogP contribution in [0.2, 0.25) is 5.15 Å². The van der Waals surface area contributed by atoms with Crippen LogP contribution in [0.25, 0.3) is 11.0 Å². The van der Waals surface area contributed by atoms with Crippen LogP contribution in [0.1, 0.15) is 32.2 Å². The fourth-order valence-corrected chi connectivity index (χ4v) is 1.95. The highest BCUT2D eigenvalue weighted by molar-refractivity contribution is 6.34. The SMILES string of the molecule is Cc1cc(=O)[nH]c2nc(C(C)(C)C)nc(Cl)c12. The number of nitrogens with zero attached hydrogens (tertiary/aromatic N) is 2. The van der Waals surface area contributed by atoms with E-state index in [1.807, 2.05) is 27.7 Å². The molecule has 2 aromatic rings. The number of H-pyrrole nitrogens is 1. The van der Waals surface area contributed by atoms with Crippen LogP contribution in [0.3, 0.4) is 0 Å². The van der Waals surface area contributed by atoms with Crippen LogP contribution in [-0.4, -0.2) is 15.0 Å². The Kier molecular flexibility index (Phi) is 2.70. The van der Waals surface area contributed by atoms with Gasteiger partial charge in [-0.2, -0.15) is 0 Å². The first-order chi connectivity index (χ1) is 7.79. The molecule has 2 aromatic heterocycles. The van der Waals surface area contributed by atoms with E-state index >= 15 is 0 Å². The standard InChI is InChI=1S/C12H14ClN3O/c1-6-5-7(17)14-10-8(6)9(13)15-11(16-10)12(2,3)4/h5H,1-4H3,(H,14,15,16,17). The maximum absolute atomic E-state index is 11.4. The van der Waals surface area contributed by atoms with Crippen molar-refractivity contribution in [3.63, 3.8) is 0 Å². The number of hydrogen-bond acceptors (Lipinski definition) is 3. The number of hydrogen-bond donors (Lipinski definition) is 1. The van der Waals surface area contributed by atoms with E-state index in [0.29, 0.717) is 22.0 Å². The zero-order chi connectivity index (χ0) is 12.8. The summed E-state index contributed by atoms with van der Waals surface area (Å²) in [7, 11) is 0. The highest BCUT2D eigenvalue weighted by Crippen LogP contribution is 2.26. The predicted molar refractivity (Wildman–Crippen MR) is 68.6 cm³/mol. The number of nitrogens with one attached hydrogen (secondary N) is 1. The lowest BCUT2D eigenvalue weighted by Crippen LogP contribution is -2.18. The average Bonchev–Trinajstić information content (AvgIpc) is 2.13. The second-order valence-electron chi connectivity index (χ2n) is 5.13. The summed E-state index contributed by atoms with van der Waals surface area (Å²) in [5.41, 5.74) is 0.900. The molecular weight excluding hydrogens is 238 g/mol. The lowest BCUT2D eigenvalue weighted by atomic mass is 9.95. The summed E-state index contributed by atoms with van der Waals surface area (Å²) in [5.74, 6) is 0.622. The zero-order valence-electron chi connectivity index (χ0n) is 10.3. The first kappa shape index (κ1) is 12.0. The molecule has 0 fully saturated rings. The van der Waals surface area contributed by atoms with Crippen LogP contribution in [0.15, 0.2) is 10.9 Å². The second kappa shape index (κ2) is 3.81. The van der Waals surface area contributed by atoms with E-state index in [-0.39, 0.29) is 11.0 Å². The third-order valence-electron chi connectivity index (χ3n) is 2.52. The van der Waals surface area contributed by atoms with Gasteiger partial charge >= 0.3 is 0 Å². The van der Waals surface area contributed by atoms with Gasteiger partial charge in [0.15, 0.2) is 0 Å². The number of fused-ring (bicyclic) bond motifs is 1. The van der Waals surface area contributed by atoms with E-state index in [1.165, 1.54) is 6.07 Å². The molecule has 0 saturated carbocycles.